The van der Waals surface area contributed by atoms with Gasteiger partial charge in [-0.1, -0.05) is 6.07 Å². The molecule has 1 aliphatic rings. The first kappa shape index (κ1) is 14.0. The van der Waals surface area contributed by atoms with E-state index in [1.807, 2.05) is 0 Å². The summed E-state index contributed by atoms with van der Waals surface area (Å²) in [5.74, 6) is -0.457. The standard InChI is InChI=1S/C14H14FN3O2S/c15-11-4-3-10-5-7-18(13(10)8-11)21(19,20)14-2-1-6-17-12(14)9-16/h1-4,6,8H,5,7,9,16H2. The summed E-state index contributed by atoms with van der Waals surface area (Å²) in [7, 11) is -3.79. The van der Waals surface area contributed by atoms with Crippen LogP contribution in [0.2, 0.25) is 0 Å². The monoisotopic (exact) mass is 307 g/mol. The van der Waals surface area contributed by atoms with Gasteiger partial charge >= 0.3 is 0 Å². The van der Waals surface area contributed by atoms with Crippen LogP contribution in [0.4, 0.5) is 10.1 Å². The Hall–Kier alpha value is -1.99. The molecule has 7 heteroatoms. The highest BCUT2D eigenvalue weighted by Gasteiger charge is 2.32. The maximum Gasteiger partial charge on any atom is 0.266 e. The fourth-order valence-corrected chi connectivity index (χ4v) is 4.19. The summed E-state index contributed by atoms with van der Waals surface area (Å²) >= 11 is 0. The number of benzene rings is 1. The summed E-state index contributed by atoms with van der Waals surface area (Å²) in [4.78, 5) is 4.08. The van der Waals surface area contributed by atoms with E-state index in [1.54, 1.807) is 12.1 Å². The first-order chi connectivity index (χ1) is 10.0. The number of sulfonamides is 1. The van der Waals surface area contributed by atoms with E-state index in [-0.39, 0.29) is 11.4 Å². The van der Waals surface area contributed by atoms with Gasteiger partial charge in [0.05, 0.1) is 11.4 Å². The minimum Gasteiger partial charge on any atom is -0.325 e. The fourth-order valence-electron chi connectivity index (χ4n) is 2.50. The Kier molecular flexibility index (Phi) is 3.38. The van der Waals surface area contributed by atoms with Crippen LogP contribution in [-0.4, -0.2) is 19.9 Å². The zero-order valence-corrected chi connectivity index (χ0v) is 12.0. The van der Waals surface area contributed by atoms with Crippen LogP contribution in [0.5, 0.6) is 0 Å². The normalized spacial score (nSPS) is 14.3. The van der Waals surface area contributed by atoms with E-state index in [4.69, 9.17) is 5.73 Å². The third-order valence-electron chi connectivity index (χ3n) is 3.51. The second-order valence-electron chi connectivity index (χ2n) is 4.75. The first-order valence-corrected chi connectivity index (χ1v) is 7.93. The summed E-state index contributed by atoms with van der Waals surface area (Å²) in [5.41, 5.74) is 7.08. The summed E-state index contributed by atoms with van der Waals surface area (Å²) in [6.45, 7) is 0.319. The van der Waals surface area contributed by atoms with Gasteiger partial charge in [0.1, 0.15) is 10.7 Å². The van der Waals surface area contributed by atoms with Crippen molar-refractivity contribution in [3.63, 3.8) is 0 Å². The van der Waals surface area contributed by atoms with Crippen molar-refractivity contribution >= 4 is 15.7 Å². The Labute approximate surface area is 122 Å². The molecule has 21 heavy (non-hydrogen) atoms. The lowest BCUT2D eigenvalue weighted by molar-refractivity contribution is 0.590. The molecule has 2 aromatic rings. The minimum atomic E-state index is -3.79. The molecule has 110 valence electrons. The fraction of sp³-hybridized carbons (Fsp3) is 0.214. The number of aromatic nitrogens is 1. The quantitative estimate of drug-likeness (QED) is 0.930. The van der Waals surface area contributed by atoms with Crippen molar-refractivity contribution < 1.29 is 12.8 Å². The van der Waals surface area contributed by atoms with Crippen molar-refractivity contribution in [2.24, 2.45) is 5.73 Å². The molecular weight excluding hydrogens is 293 g/mol. The highest BCUT2D eigenvalue weighted by Crippen LogP contribution is 2.33. The molecule has 1 aromatic carbocycles. The molecule has 0 saturated heterocycles. The predicted octanol–water partition coefficient (Wildman–Crippen LogP) is 1.43. The van der Waals surface area contributed by atoms with Crippen molar-refractivity contribution in [3.8, 4) is 0 Å². The van der Waals surface area contributed by atoms with Crippen molar-refractivity contribution in [1.29, 1.82) is 0 Å². The maximum absolute atomic E-state index is 13.4. The number of pyridine rings is 1. The van der Waals surface area contributed by atoms with Gasteiger partial charge in [0.15, 0.2) is 0 Å². The zero-order valence-electron chi connectivity index (χ0n) is 11.2. The third-order valence-corrected chi connectivity index (χ3v) is 5.40. The van der Waals surface area contributed by atoms with Crippen LogP contribution in [0.3, 0.4) is 0 Å². The van der Waals surface area contributed by atoms with Crippen LogP contribution in [-0.2, 0) is 23.0 Å². The Balaban J connectivity index is 2.11. The van der Waals surface area contributed by atoms with E-state index in [9.17, 15) is 12.8 Å². The SMILES string of the molecule is NCc1ncccc1S(=O)(=O)N1CCc2ccc(F)cc21. The summed E-state index contributed by atoms with van der Waals surface area (Å²) in [6.07, 6.45) is 2.06. The van der Waals surface area contributed by atoms with Crippen molar-refractivity contribution in [3.05, 3.63) is 53.6 Å². The van der Waals surface area contributed by atoms with E-state index in [0.29, 0.717) is 24.3 Å². The molecule has 1 aliphatic heterocycles. The molecule has 2 N–H and O–H groups in total. The lowest BCUT2D eigenvalue weighted by atomic mass is 10.2. The molecule has 0 spiro atoms. The minimum absolute atomic E-state index is 0.0270. The van der Waals surface area contributed by atoms with Gasteiger partial charge in [-0.05, 0) is 36.2 Å². The number of halogens is 1. The topological polar surface area (TPSA) is 76.3 Å². The second kappa shape index (κ2) is 5.09. The lowest BCUT2D eigenvalue weighted by Crippen LogP contribution is -2.30. The van der Waals surface area contributed by atoms with Gasteiger partial charge < -0.3 is 5.73 Å². The largest absolute Gasteiger partial charge is 0.325 e. The number of anilines is 1. The molecule has 1 aromatic heterocycles. The Morgan fingerprint density at radius 3 is 2.90 bits per heavy atom. The molecule has 0 aliphatic carbocycles. The summed E-state index contributed by atoms with van der Waals surface area (Å²) in [6, 6.07) is 7.23. The number of nitrogens with two attached hydrogens (primary N) is 1. The predicted molar refractivity (Wildman–Crippen MR) is 76.8 cm³/mol. The smallest absolute Gasteiger partial charge is 0.266 e. The average molecular weight is 307 g/mol. The van der Waals surface area contributed by atoms with Crippen LogP contribution in [0.15, 0.2) is 41.4 Å². The number of hydrogen-bond donors (Lipinski definition) is 1. The van der Waals surface area contributed by atoms with Crippen molar-refractivity contribution in [2.75, 3.05) is 10.8 Å². The first-order valence-electron chi connectivity index (χ1n) is 6.49. The van der Waals surface area contributed by atoms with Crippen molar-refractivity contribution in [1.82, 2.24) is 4.98 Å². The van der Waals surface area contributed by atoms with E-state index in [0.717, 1.165) is 5.56 Å². The van der Waals surface area contributed by atoms with Gasteiger partial charge in [-0.3, -0.25) is 9.29 Å². The number of hydrogen-bond acceptors (Lipinski definition) is 4. The lowest BCUT2D eigenvalue weighted by Gasteiger charge is -2.20. The summed E-state index contributed by atoms with van der Waals surface area (Å²) < 4.78 is 40.2. The molecule has 0 fully saturated rings. The molecule has 0 unspecified atom stereocenters. The molecule has 0 radical (unpaired) electrons. The van der Waals surface area contributed by atoms with Crippen LogP contribution >= 0.6 is 0 Å². The Bertz CT molecular complexity index is 793. The molecule has 0 atom stereocenters. The van der Waals surface area contributed by atoms with Gasteiger partial charge in [0.25, 0.3) is 10.0 Å². The second-order valence-corrected chi connectivity index (χ2v) is 6.58. The highest BCUT2D eigenvalue weighted by molar-refractivity contribution is 7.92. The van der Waals surface area contributed by atoms with Gasteiger partial charge in [0, 0.05) is 19.3 Å². The van der Waals surface area contributed by atoms with E-state index >= 15 is 0 Å². The van der Waals surface area contributed by atoms with E-state index < -0.39 is 15.8 Å². The maximum atomic E-state index is 13.4. The van der Waals surface area contributed by atoms with Gasteiger partial charge in [-0.2, -0.15) is 0 Å². The van der Waals surface area contributed by atoms with Crippen molar-refractivity contribution in [2.45, 2.75) is 17.9 Å². The van der Waals surface area contributed by atoms with Crippen LogP contribution in [0.1, 0.15) is 11.3 Å². The van der Waals surface area contributed by atoms with Crippen LogP contribution < -0.4 is 10.0 Å². The highest BCUT2D eigenvalue weighted by atomic mass is 32.2. The third kappa shape index (κ3) is 2.28. The number of fused-ring (bicyclic) bond motifs is 1. The van der Waals surface area contributed by atoms with Gasteiger partial charge in [-0.25, -0.2) is 12.8 Å². The Morgan fingerprint density at radius 2 is 2.14 bits per heavy atom. The molecule has 5 nitrogen and oxygen atoms in total. The molecule has 0 bridgehead atoms. The van der Waals surface area contributed by atoms with Crippen LogP contribution in [0, 0.1) is 5.82 Å². The summed E-state index contributed by atoms with van der Waals surface area (Å²) in [5, 5.41) is 0. The molecule has 0 amide bonds. The zero-order chi connectivity index (χ0) is 15.0. The molecular formula is C14H14FN3O2S. The number of rotatable bonds is 3. The van der Waals surface area contributed by atoms with Gasteiger partial charge in [0.2, 0.25) is 0 Å². The molecule has 3 rings (SSSR count). The number of nitrogens with zero attached hydrogens (tertiary/aromatic N) is 2. The van der Waals surface area contributed by atoms with E-state index in [2.05, 4.69) is 4.98 Å². The Morgan fingerprint density at radius 1 is 1.33 bits per heavy atom. The van der Waals surface area contributed by atoms with Gasteiger partial charge in [-0.15, -0.1) is 0 Å². The molecule has 2 heterocycles. The van der Waals surface area contributed by atoms with E-state index in [1.165, 1.54) is 28.7 Å². The average Bonchev–Trinajstić information content (AvgIpc) is 2.90. The molecule has 0 saturated carbocycles. The van der Waals surface area contributed by atoms with Crippen LogP contribution in [0.25, 0.3) is 0 Å².